The Kier molecular flexibility index (Phi) is 6.02. The topological polar surface area (TPSA) is 35.5 Å². The van der Waals surface area contributed by atoms with Crippen LogP contribution >= 0.6 is 0 Å². The minimum absolute atomic E-state index is 0.263. The molecule has 20 heavy (non-hydrogen) atoms. The van der Waals surface area contributed by atoms with Gasteiger partial charge in [0.2, 0.25) is 0 Å². The molecule has 2 rings (SSSR count). The highest BCUT2D eigenvalue weighted by Gasteiger charge is 2.27. The number of hydrogen-bond acceptors (Lipinski definition) is 3. The molecule has 2 atom stereocenters. The lowest BCUT2D eigenvalue weighted by Gasteiger charge is -2.40. The third-order valence-electron chi connectivity index (χ3n) is 4.54. The molecule has 1 fully saturated rings. The summed E-state index contributed by atoms with van der Waals surface area (Å²) in [5.74, 6) is 0.523. The Morgan fingerprint density at radius 1 is 1.30 bits per heavy atom. The van der Waals surface area contributed by atoms with Gasteiger partial charge in [0.1, 0.15) is 0 Å². The molecule has 112 valence electrons. The van der Waals surface area contributed by atoms with Crippen molar-refractivity contribution >= 4 is 0 Å². The summed E-state index contributed by atoms with van der Waals surface area (Å²) in [5.41, 5.74) is 1.35. The average Bonchev–Trinajstić information content (AvgIpc) is 2.39. The molecule has 0 saturated heterocycles. The molecule has 1 aromatic rings. The smallest absolute Gasteiger partial charge is 0.0558 e. The van der Waals surface area contributed by atoms with E-state index in [2.05, 4.69) is 47.5 Å². The van der Waals surface area contributed by atoms with Crippen molar-refractivity contribution in [2.75, 3.05) is 26.7 Å². The standard InChI is InChI=1S/C17H28N2O/c1-14(13-19(11-12-20)16-9-6-10-16)17(18-2)15-7-4-3-5-8-15/h3-5,7-8,14,16-18,20H,6,9-13H2,1-2H3. The molecule has 0 aliphatic heterocycles. The Bertz CT molecular complexity index is 378. The van der Waals surface area contributed by atoms with Gasteiger partial charge in [0, 0.05) is 25.2 Å². The molecule has 1 saturated carbocycles. The van der Waals surface area contributed by atoms with Gasteiger partial charge in [-0.1, -0.05) is 43.7 Å². The van der Waals surface area contributed by atoms with Gasteiger partial charge >= 0.3 is 0 Å². The lowest BCUT2D eigenvalue weighted by Crippen LogP contribution is -2.45. The van der Waals surface area contributed by atoms with Crippen LogP contribution < -0.4 is 5.32 Å². The number of benzene rings is 1. The fourth-order valence-corrected chi connectivity index (χ4v) is 3.22. The first kappa shape index (κ1) is 15.5. The van der Waals surface area contributed by atoms with Crippen LogP contribution in [0.25, 0.3) is 0 Å². The first-order valence-corrected chi connectivity index (χ1v) is 7.83. The first-order valence-electron chi connectivity index (χ1n) is 7.83. The third kappa shape index (κ3) is 3.81. The molecule has 3 heteroatoms. The molecule has 1 aromatic carbocycles. The highest BCUT2D eigenvalue weighted by Crippen LogP contribution is 2.28. The molecule has 1 aliphatic rings. The molecule has 0 amide bonds. The normalized spacial score (nSPS) is 18.8. The zero-order valence-corrected chi connectivity index (χ0v) is 12.8. The Balaban J connectivity index is 1.98. The number of rotatable bonds is 8. The molecule has 3 nitrogen and oxygen atoms in total. The molecular weight excluding hydrogens is 248 g/mol. The number of aliphatic hydroxyl groups excluding tert-OH is 1. The van der Waals surface area contributed by atoms with Gasteiger partial charge in [-0.3, -0.25) is 4.90 Å². The molecule has 2 N–H and O–H groups in total. The summed E-state index contributed by atoms with van der Waals surface area (Å²) in [4.78, 5) is 2.47. The van der Waals surface area contributed by atoms with E-state index < -0.39 is 0 Å². The van der Waals surface area contributed by atoms with Crippen molar-refractivity contribution in [3.63, 3.8) is 0 Å². The average molecular weight is 276 g/mol. The number of aliphatic hydroxyl groups is 1. The van der Waals surface area contributed by atoms with Crippen LogP contribution in [0.3, 0.4) is 0 Å². The summed E-state index contributed by atoms with van der Waals surface area (Å²) in [6.45, 7) is 4.42. The van der Waals surface area contributed by atoms with Gasteiger partial charge in [0.05, 0.1) is 6.61 Å². The van der Waals surface area contributed by atoms with Gasteiger partial charge in [-0.2, -0.15) is 0 Å². The van der Waals surface area contributed by atoms with E-state index in [4.69, 9.17) is 0 Å². The van der Waals surface area contributed by atoms with Crippen LogP contribution in [0.5, 0.6) is 0 Å². The van der Waals surface area contributed by atoms with E-state index in [1.165, 1.54) is 24.8 Å². The van der Waals surface area contributed by atoms with E-state index in [1.807, 2.05) is 7.05 Å². The fourth-order valence-electron chi connectivity index (χ4n) is 3.22. The van der Waals surface area contributed by atoms with E-state index in [-0.39, 0.29) is 6.61 Å². The predicted molar refractivity (Wildman–Crippen MR) is 83.7 cm³/mol. The largest absolute Gasteiger partial charge is 0.395 e. The molecule has 0 aromatic heterocycles. The van der Waals surface area contributed by atoms with Crippen molar-refractivity contribution in [3.05, 3.63) is 35.9 Å². The highest BCUT2D eigenvalue weighted by molar-refractivity contribution is 5.19. The van der Waals surface area contributed by atoms with Crippen molar-refractivity contribution in [3.8, 4) is 0 Å². The number of hydrogen-bond donors (Lipinski definition) is 2. The summed E-state index contributed by atoms with van der Waals surface area (Å²) >= 11 is 0. The number of nitrogens with one attached hydrogen (secondary N) is 1. The fraction of sp³-hybridized carbons (Fsp3) is 0.647. The van der Waals surface area contributed by atoms with E-state index in [0.29, 0.717) is 18.0 Å². The van der Waals surface area contributed by atoms with Crippen LogP contribution in [0.1, 0.15) is 37.8 Å². The van der Waals surface area contributed by atoms with Crippen LogP contribution in [0.4, 0.5) is 0 Å². The van der Waals surface area contributed by atoms with Crippen LogP contribution in [0.15, 0.2) is 30.3 Å². The third-order valence-corrected chi connectivity index (χ3v) is 4.54. The van der Waals surface area contributed by atoms with Crippen LogP contribution in [0, 0.1) is 5.92 Å². The van der Waals surface area contributed by atoms with E-state index >= 15 is 0 Å². The van der Waals surface area contributed by atoms with Gasteiger partial charge in [-0.15, -0.1) is 0 Å². The predicted octanol–water partition coefficient (Wildman–Crippen LogP) is 2.43. The zero-order valence-electron chi connectivity index (χ0n) is 12.8. The summed E-state index contributed by atoms with van der Waals surface area (Å²) in [6.07, 6.45) is 3.93. The molecule has 1 aliphatic carbocycles. The molecular formula is C17H28N2O. The maximum absolute atomic E-state index is 9.27. The zero-order chi connectivity index (χ0) is 14.4. The van der Waals surface area contributed by atoms with Crippen molar-refractivity contribution in [1.29, 1.82) is 0 Å². The summed E-state index contributed by atoms with van der Waals surface area (Å²) in [7, 11) is 2.04. The van der Waals surface area contributed by atoms with Gasteiger partial charge in [0.25, 0.3) is 0 Å². The Labute approximate surface area is 123 Å². The molecule has 0 radical (unpaired) electrons. The van der Waals surface area contributed by atoms with E-state index in [9.17, 15) is 5.11 Å². The SMILES string of the molecule is CNC(c1ccccc1)C(C)CN(CCO)C1CCC1. The van der Waals surface area contributed by atoms with Gasteiger partial charge in [-0.05, 0) is 31.4 Å². The first-order chi connectivity index (χ1) is 9.76. The maximum atomic E-state index is 9.27. The van der Waals surface area contributed by atoms with Crippen molar-refractivity contribution < 1.29 is 5.11 Å². The minimum Gasteiger partial charge on any atom is -0.395 e. The van der Waals surface area contributed by atoms with Crippen molar-refractivity contribution in [2.24, 2.45) is 5.92 Å². The van der Waals surface area contributed by atoms with Crippen molar-refractivity contribution in [2.45, 2.75) is 38.3 Å². The Hall–Kier alpha value is -0.900. The quantitative estimate of drug-likeness (QED) is 0.765. The van der Waals surface area contributed by atoms with Gasteiger partial charge < -0.3 is 10.4 Å². The van der Waals surface area contributed by atoms with Gasteiger partial charge in [-0.25, -0.2) is 0 Å². The molecule has 2 unspecified atom stereocenters. The van der Waals surface area contributed by atoms with E-state index in [1.54, 1.807) is 0 Å². The summed E-state index contributed by atoms with van der Waals surface area (Å²) < 4.78 is 0. The van der Waals surface area contributed by atoms with Crippen LogP contribution in [-0.2, 0) is 0 Å². The van der Waals surface area contributed by atoms with Crippen LogP contribution in [0.2, 0.25) is 0 Å². The maximum Gasteiger partial charge on any atom is 0.0558 e. The highest BCUT2D eigenvalue weighted by atomic mass is 16.3. The van der Waals surface area contributed by atoms with E-state index in [0.717, 1.165) is 13.1 Å². The molecule has 0 heterocycles. The Morgan fingerprint density at radius 3 is 2.50 bits per heavy atom. The van der Waals surface area contributed by atoms with Gasteiger partial charge in [0.15, 0.2) is 0 Å². The monoisotopic (exact) mass is 276 g/mol. The number of nitrogens with zero attached hydrogens (tertiary/aromatic N) is 1. The summed E-state index contributed by atoms with van der Waals surface area (Å²) in [5, 5.41) is 12.7. The van der Waals surface area contributed by atoms with Crippen molar-refractivity contribution in [1.82, 2.24) is 10.2 Å². The molecule has 0 bridgehead atoms. The lowest BCUT2D eigenvalue weighted by molar-refractivity contribution is 0.0811. The minimum atomic E-state index is 0.263. The second kappa shape index (κ2) is 7.77. The van der Waals surface area contributed by atoms with Crippen LogP contribution in [-0.4, -0.2) is 42.8 Å². The molecule has 0 spiro atoms. The second-order valence-corrected chi connectivity index (χ2v) is 5.96. The lowest BCUT2D eigenvalue weighted by atomic mass is 9.88. The Morgan fingerprint density at radius 2 is 2.00 bits per heavy atom. The summed E-state index contributed by atoms with van der Waals surface area (Å²) in [6, 6.07) is 11.7. The second-order valence-electron chi connectivity index (χ2n) is 5.96.